The summed E-state index contributed by atoms with van der Waals surface area (Å²) >= 11 is 0. The van der Waals surface area contributed by atoms with Crippen molar-refractivity contribution in [3.8, 4) is 0 Å². The molecule has 10 heteroatoms. The summed E-state index contributed by atoms with van der Waals surface area (Å²) in [5, 5.41) is 21.1. The number of rotatable bonds is 20. The van der Waals surface area contributed by atoms with Crippen molar-refractivity contribution >= 4 is 17.7 Å². The minimum Gasteiger partial charge on any atom is -0.392 e. The van der Waals surface area contributed by atoms with Crippen LogP contribution >= 0.6 is 0 Å². The van der Waals surface area contributed by atoms with Crippen LogP contribution in [0.25, 0.3) is 0 Å². The number of carbonyl (C=O) groups excluding carboxylic acids is 3. The first kappa shape index (κ1) is 30.2. The number of nitrogens with zero attached hydrogens (tertiary/aromatic N) is 1. The third-order valence-corrected chi connectivity index (χ3v) is 4.95. The molecule has 10 nitrogen and oxygen atoms in total. The predicted octanol–water partition coefficient (Wildman–Crippen LogP) is -0.827. The highest BCUT2D eigenvalue weighted by molar-refractivity contribution is 5.77. The monoisotopic (exact) mass is 458 g/mol. The molecular formula is C22H46N6O4. The molecule has 0 spiro atoms. The maximum absolute atomic E-state index is 12.1. The molecule has 32 heavy (non-hydrogen) atoms. The lowest BCUT2D eigenvalue weighted by Crippen LogP contribution is -2.40. The largest absolute Gasteiger partial charge is 0.392 e. The zero-order valence-electron chi connectivity index (χ0n) is 20.3. The fraction of sp³-hybridized carbons (Fsp3) is 0.864. The van der Waals surface area contributed by atoms with E-state index >= 15 is 0 Å². The van der Waals surface area contributed by atoms with Crippen LogP contribution in [0.15, 0.2) is 0 Å². The van der Waals surface area contributed by atoms with E-state index in [2.05, 4.69) is 35.1 Å². The van der Waals surface area contributed by atoms with E-state index in [-0.39, 0.29) is 23.8 Å². The molecule has 0 aliphatic heterocycles. The highest BCUT2D eigenvalue weighted by Gasteiger charge is 2.12. The van der Waals surface area contributed by atoms with E-state index in [1.165, 1.54) is 0 Å². The maximum atomic E-state index is 12.1. The molecule has 0 radical (unpaired) electrons. The Labute approximate surface area is 193 Å². The summed E-state index contributed by atoms with van der Waals surface area (Å²) in [4.78, 5) is 37.9. The smallest absolute Gasteiger partial charge is 0.221 e. The van der Waals surface area contributed by atoms with Gasteiger partial charge in [0.25, 0.3) is 0 Å². The maximum Gasteiger partial charge on any atom is 0.221 e. The number of nitrogens with one attached hydrogen (secondary N) is 4. The van der Waals surface area contributed by atoms with Crippen LogP contribution in [0.2, 0.25) is 0 Å². The predicted molar refractivity (Wildman–Crippen MR) is 127 cm³/mol. The van der Waals surface area contributed by atoms with Crippen LogP contribution in [-0.2, 0) is 14.4 Å². The summed E-state index contributed by atoms with van der Waals surface area (Å²) in [6.07, 6.45) is 2.30. The molecule has 0 fully saturated rings. The van der Waals surface area contributed by atoms with Gasteiger partial charge in [0.1, 0.15) is 0 Å². The van der Waals surface area contributed by atoms with Gasteiger partial charge in [-0.25, -0.2) is 0 Å². The van der Waals surface area contributed by atoms with Gasteiger partial charge in [0.2, 0.25) is 17.7 Å². The average Bonchev–Trinajstić information content (AvgIpc) is 2.76. The number of amides is 3. The van der Waals surface area contributed by atoms with Crippen LogP contribution in [0, 0.1) is 5.92 Å². The standard InChI is InChI=1S/C22H46N6O4/c1-4-19(29)17-24-11-12-26-22(32)8-15-28(14-7-21(31)25-10-9-23)16-13-27-20(30)6-5-18(2)3/h18-19,24,29H,4-17,23H2,1-3H3,(H,25,31)(H,26,32)(H,27,30). The van der Waals surface area contributed by atoms with Crippen LogP contribution in [0.3, 0.4) is 0 Å². The van der Waals surface area contributed by atoms with Gasteiger partial charge in [-0.2, -0.15) is 0 Å². The van der Waals surface area contributed by atoms with Crippen LogP contribution in [0.5, 0.6) is 0 Å². The van der Waals surface area contributed by atoms with Crippen LogP contribution in [0.4, 0.5) is 0 Å². The van der Waals surface area contributed by atoms with Gasteiger partial charge in [-0.3, -0.25) is 14.4 Å². The third kappa shape index (κ3) is 19.0. The average molecular weight is 459 g/mol. The lowest BCUT2D eigenvalue weighted by molar-refractivity contribution is -0.123. The van der Waals surface area contributed by atoms with Gasteiger partial charge < -0.3 is 37.0 Å². The summed E-state index contributed by atoms with van der Waals surface area (Å²) in [6, 6.07) is 0. The second-order valence-corrected chi connectivity index (χ2v) is 8.38. The molecule has 0 saturated heterocycles. The fourth-order valence-corrected chi connectivity index (χ4v) is 2.81. The number of aliphatic hydroxyl groups is 1. The van der Waals surface area contributed by atoms with E-state index in [0.717, 1.165) is 6.42 Å². The second kappa shape index (κ2) is 19.9. The molecule has 0 saturated carbocycles. The van der Waals surface area contributed by atoms with E-state index in [0.29, 0.717) is 90.5 Å². The summed E-state index contributed by atoms with van der Waals surface area (Å²) in [6.45, 7) is 10.6. The number of hydrogen-bond donors (Lipinski definition) is 6. The summed E-state index contributed by atoms with van der Waals surface area (Å²) < 4.78 is 0. The number of aliphatic hydroxyl groups excluding tert-OH is 1. The second-order valence-electron chi connectivity index (χ2n) is 8.38. The Balaban J connectivity index is 4.31. The van der Waals surface area contributed by atoms with Crippen molar-refractivity contribution in [2.75, 3.05) is 58.9 Å². The first-order chi connectivity index (χ1) is 15.3. The molecule has 188 valence electrons. The number of carbonyl (C=O) groups is 3. The van der Waals surface area contributed by atoms with Crippen LogP contribution in [-0.4, -0.2) is 92.7 Å². The van der Waals surface area contributed by atoms with Crippen molar-refractivity contribution in [1.82, 2.24) is 26.2 Å². The molecule has 0 aliphatic carbocycles. The van der Waals surface area contributed by atoms with Crippen molar-refractivity contribution in [2.45, 2.75) is 59.0 Å². The quantitative estimate of drug-likeness (QED) is 0.130. The Morgan fingerprint density at radius 1 is 0.844 bits per heavy atom. The van der Waals surface area contributed by atoms with Crippen molar-refractivity contribution in [3.05, 3.63) is 0 Å². The van der Waals surface area contributed by atoms with E-state index in [4.69, 9.17) is 5.73 Å². The van der Waals surface area contributed by atoms with Gasteiger partial charge in [0.05, 0.1) is 6.10 Å². The summed E-state index contributed by atoms with van der Waals surface area (Å²) in [7, 11) is 0. The molecule has 0 bridgehead atoms. The fourth-order valence-electron chi connectivity index (χ4n) is 2.81. The Morgan fingerprint density at radius 2 is 1.41 bits per heavy atom. The van der Waals surface area contributed by atoms with Crippen LogP contribution in [0.1, 0.15) is 52.9 Å². The number of hydrogen-bond acceptors (Lipinski definition) is 7. The lowest BCUT2D eigenvalue weighted by atomic mass is 10.1. The van der Waals surface area contributed by atoms with Crippen molar-refractivity contribution in [2.24, 2.45) is 11.7 Å². The van der Waals surface area contributed by atoms with E-state index in [1.807, 2.05) is 11.8 Å². The Hall–Kier alpha value is -1.75. The molecule has 0 aliphatic rings. The first-order valence-electron chi connectivity index (χ1n) is 11.9. The molecule has 0 heterocycles. The molecule has 7 N–H and O–H groups in total. The zero-order chi connectivity index (χ0) is 24.2. The van der Waals surface area contributed by atoms with Crippen LogP contribution < -0.4 is 27.0 Å². The van der Waals surface area contributed by atoms with Gasteiger partial charge >= 0.3 is 0 Å². The van der Waals surface area contributed by atoms with Gasteiger partial charge in [-0.1, -0.05) is 20.8 Å². The molecule has 1 unspecified atom stereocenters. The zero-order valence-corrected chi connectivity index (χ0v) is 20.3. The third-order valence-electron chi connectivity index (χ3n) is 4.95. The van der Waals surface area contributed by atoms with Crippen molar-refractivity contribution < 1.29 is 19.5 Å². The molecule has 0 aromatic carbocycles. The van der Waals surface area contributed by atoms with Crippen molar-refractivity contribution in [1.29, 1.82) is 0 Å². The van der Waals surface area contributed by atoms with Gasteiger partial charge in [-0.05, 0) is 18.8 Å². The van der Waals surface area contributed by atoms with E-state index < -0.39 is 0 Å². The summed E-state index contributed by atoms with van der Waals surface area (Å²) in [5.41, 5.74) is 5.41. The molecule has 0 aromatic heterocycles. The minimum atomic E-state index is -0.368. The SMILES string of the molecule is CCC(O)CNCCNC(=O)CCN(CCNC(=O)CCC(C)C)CCC(=O)NCCN. The highest BCUT2D eigenvalue weighted by Crippen LogP contribution is 2.02. The molecule has 1 atom stereocenters. The molecule has 0 aromatic rings. The molecular weight excluding hydrogens is 412 g/mol. The topological polar surface area (TPSA) is 149 Å². The normalized spacial score (nSPS) is 12.1. The van der Waals surface area contributed by atoms with Gasteiger partial charge in [0.15, 0.2) is 0 Å². The molecule has 0 rings (SSSR count). The van der Waals surface area contributed by atoms with Gasteiger partial charge in [-0.15, -0.1) is 0 Å². The van der Waals surface area contributed by atoms with Crippen molar-refractivity contribution in [3.63, 3.8) is 0 Å². The first-order valence-corrected chi connectivity index (χ1v) is 11.9. The van der Waals surface area contributed by atoms with E-state index in [1.54, 1.807) is 0 Å². The molecule has 3 amide bonds. The lowest BCUT2D eigenvalue weighted by Gasteiger charge is -2.22. The highest BCUT2D eigenvalue weighted by atomic mass is 16.3. The van der Waals surface area contributed by atoms with E-state index in [9.17, 15) is 19.5 Å². The summed E-state index contributed by atoms with van der Waals surface area (Å²) in [5.74, 6) is 0.361. The Kier molecular flexibility index (Phi) is 18.8. The van der Waals surface area contributed by atoms with Gasteiger partial charge in [0, 0.05) is 78.2 Å². The Bertz CT molecular complexity index is 519. The minimum absolute atomic E-state index is 0.0257. The Morgan fingerprint density at radius 3 is 1.97 bits per heavy atom. The number of nitrogens with two attached hydrogens (primary N) is 1.